The molecule has 0 saturated heterocycles. The molecular weight excluding hydrogens is 556 g/mol. The van der Waals surface area contributed by atoms with Gasteiger partial charge in [-0.3, -0.25) is 9.59 Å². The Bertz CT molecular complexity index is 1370. The Morgan fingerprint density at radius 2 is 1.73 bits per heavy atom. The predicted octanol–water partition coefficient (Wildman–Crippen LogP) is 2.95. The van der Waals surface area contributed by atoms with Crippen molar-refractivity contribution in [1.29, 1.82) is 0 Å². The molecule has 0 aliphatic heterocycles. The molecule has 0 unspecified atom stereocenters. The minimum Gasteiger partial charge on any atom is -0.496 e. The number of carbonyl (C=O) groups is 2. The lowest BCUT2D eigenvalue weighted by Gasteiger charge is -2.23. The second-order valence-corrected chi connectivity index (χ2v) is 11.2. The number of amides is 2. The van der Waals surface area contributed by atoms with Gasteiger partial charge in [-0.2, -0.15) is 13.1 Å². The number of hydrogen-bond acceptors (Lipinski definition) is 9. The number of aromatic nitrogens is 1. The fourth-order valence-electron chi connectivity index (χ4n) is 3.90. The van der Waals surface area contributed by atoms with Crippen molar-refractivity contribution in [2.24, 2.45) is 0 Å². The van der Waals surface area contributed by atoms with Gasteiger partial charge in [0.1, 0.15) is 22.2 Å². The van der Waals surface area contributed by atoms with Gasteiger partial charge < -0.3 is 19.1 Å². The number of benzene rings is 2. The minimum absolute atomic E-state index is 0.00998. The zero-order valence-electron chi connectivity index (χ0n) is 22.9. The van der Waals surface area contributed by atoms with Crippen molar-refractivity contribution in [3.05, 3.63) is 75.2 Å². The highest BCUT2D eigenvalue weighted by Crippen LogP contribution is 2.30. The van der Waals surface area contributed by atoms with Crippen LogP contribution >= 0.6 is 11.3 Å². The molecule has 3 rings (SSSR count). The molecule has 0 atom stereocenters. The molecular formula is C27H34N4O7S2. The number of nitrogens with one attached hydrogen (secondary N) is 2. The molecule has 0 aliphatic carbocycles. The summed E-state index contributed by atoms with van der Waals surface area (Å²) in [5.74, 6) is -0.0703. The smallest absolute Gasteiger partial charge is 0.301 e. The molecule has 13 heteroatoms. The quantitative estimate of drug-likeness (QED) is 0.258. The van der Waals surface area contributed by atoms with Crippen LogP contribution in [0.25, 0.3) is 0 Å². The second-order valence-electron chi connectivity index (χ2n) is 8.77. The zero-order valence-corrected chi connectivity index (χ0v) is 24.6. The minimum atomic E-state index is -4.07. The van der Waals surface area contributed by atoms with Gasteiger partial charge in [0, 0.05) is 36.7 Å². The van der Waals surface area contributed by atoms with Crippen LogP contribution < -0.4 is 18.9 Å². The van der Waals surface area contributed by atoms with Crippen LogP contribution in [0.5, 0.6) is 11.5 Å². The largest absolute Gasteiger partial charge is 0.496 e. The highest BCUT2D eigenvalue weighted by molar-refractivity contribution is 7.88. The summed E-state index contributed by atoms with van der Waals surface area (Å²) in [7, 11) is 0.425. The van der Waals surface area contributed by atoms with Crippen molar-refractivity contribution < 1.29 is 32.2 Å². The summed E-state index contributed by atoms with van der Waals surface area (Å²) in [5.41, 5.74) is 2.26. The summed E-state index contributed by atoms with van der Waals surface area (Å²) < 4.78 is 44.0. The summed E-state index contributed by atoms with van der Waals surface area (Å²) in [4.78, 5) is 32.2. The van der Waals surface area contributed by atoms with Gasteiger partial charge in [-0.25, -0.2) is 9.71 Å². The molecule has 0 saturated carbocycles. The average Bonchev–Trinajstić information content (AvgIpc) is 3.41. The van der Waals surface area contributed by atoms with Gasteiger partial charge in [0.05, 0.1) is 27.4 Å². The average molecular weight is 591 g/mol. The van der Waals surface area contributed by atoms with E-state index in [0.717, 1.165) is 28.9 Å². The van der Waals surface area contributed by atoms with Crippen molar-refractivity contribution in [1.82, 2.24) is 19.3 Å². The SMILES string of the molecule is COCCNS(=O)(=O)NC(=O)c1csc(CN(CCCc2ccccc2)C(=O)c2cc(OC)c(C)c(OC)c2)n1. The zero-order chi connectivity index (χ0) is 29.1. The maximum atomic E-state index is 13.7. The van der Waals surface area contributed by atoms with Gasteiger partial charge in [-0.15, -0.1) is 11.3 Å². The molecule has 1 aromatic heterocycles. The van der Waals surface area contributed by atoms with E-state index < -0.39 is 16.1 Å². The van der Waals surface area contributed by atoms with Gasteiger partial charge in [-0.1, -0.05) is 30.3 Å². The molecule has 0 radical (unpaired) electrons. The number of thiazole rings is 1. The Labute approximate surface area is 238 Å². The van der Waals surface area contributed by atoms with E-state index in [1.165, 1.54) is 26.7 Å². The lowest BCUT2D eigenvalue weighted by atomic mass is 10.1. The summed E-state index contributed by atoms with van der Waals surface area (Å²) in [6.07, 6.45) is 1.46. The molecule has 3 aromatic rings. The third-order valence-electron chi connectivity index (χ3n) is 5.96. The molecule has 216 valence electrons. The standard InChI is InChI=1S/C27H34N4O7S2/c1-19-23(37-3)15-21(16-24(19)38-4)27(33)31(13-8-11-20-9-6-5-7-10-20)17-25-29-22(18-39-25)26(32)30-40(34,35)28-12-14-36-2/h5-7,9-10,15-16,18,28H,8,11-14,17H2,1-4H3,(H,30,32). The first-order chi connectivity index (χ1) is 19.2. The lowest BCUT2D eigenvalue weighted by Crippen LogP contribution is -2.41. The van der Waals surface area contributed by atoms with Crippen molar-refractivity contribution in [3.63, 3.8) is 0 Å². The monoisotopic (exact) mass is 590 g/mol. The molecule has 11 nitrogen and oxygen atoms in total. The van der Waals surface area contributed by atoms with E-state index in [9.17, 15) is 18.0 Å². The summed E-state index contributed by atoms with van der Waals surface area (Å²) in [6, 6.07) is 13.3. The number of nitrogens with zero attached hydrogens (tertiary/aromatic N) is 2. The van der Waals surface area contributed by atoms with E-state index in [-0.39, 0.29) is 31.3 Å². The van der Waals surface area contributed by atoms with Crippen LogP contribution in [0.15, 0.2) is 47.8 Å². The van der Waals surface area contributed by atoms with Crippen LogP contribution in [-0.4, -0.2) is 71.1 Å². The maximum Gasteiger partial charge on any atom is 0.301 e. The summed E-state index contributed by atoms with van der Waals surface area (Å²) in [5, 5.41) is 1.94. The fraction of sp³-hybridized carbons (Fsp3) is 0.370. The Kier molecular flexibility index (Phi) is 11.4. The van der Waals surface area contributed by atoms with Crippen LogP contribution in [0.2, 0.25) is 0 Å². The van der Waals surface area contributed by atoms with Gasteiger partial charge in [0.2, 0.25) is 0 Å². The van der Waals surface area contributed by atoms with Gasteiger partial charge in [0.25, 0.3) is 11.8 Å². The molecule has 2 aromatic carbocycles. The third kappa shape index (κ3) is 8.74. The van der Waals surface area contributed by atoms with Gasteiger partial charge >= 0.3 is 10.2 Å². The highest BCUT2D eigenvalue weighted by Gasteiger charge is 2.23. The molecule has 2 amide bonds. The number of ether oxygens (including phenoxy) is 3. The third-order valence-corrected chi connectivity index (χ3v) is 7.83. The van der Waals surface area contributed by atoms with Crippen LogP contribution in [0, 0.1) is 6.92 Å². The lowest BCUT2D eigenvalue weighted by molar-refractivity contribution is 0.0740. The van der Waals surface area contributed by atoms with Crippen molar-refractivity contribution in [2.45, 2.75) is 26.3 Å². The predicted molar refractivity (Wildman–Crippen MR) is 152 cm³/mol. The molecule has 0 bridgehead atoms. The van der Waals surface area contributed by atoms with Crippen LogP contribution in [0.4, 0.5) is 0 Å². The molecule has 0 spiro atoms. The topological polar surface area (TPSA) is 136 Å². The van der Waals surface area contributed by atoms with E-state index in [1.54, 1.807) is 17.0 Å². The number of hydrogen-bond donors (Lipinski definition) is 2. The molecule has 2 N–H and O–H groups in total. The number of rotatable bonds is 15. The van der Waals surface area contributed by atoms with Crippen LogP contribution in [-0.2, 0) is 27.9 Å². The highest BCUT2D eigenvalue weighted by atomic mass is 32.2. The van der Waals surface area contributed by atoms with Gasteiger partial charge in [-0.05, 0) is 37.5 Å². The maximum absolute atomic E-state index is 13.7. The van der Waals surface area contributed by atoms with Crippen LogP contribution in [0.1, 0.15) is 43.4 Å². The number of aryl methyl sites for hydroxylation is 1. The summed E-state index contributed by atoms with van der Waals surface area (Å²) in [6.45, 7) is 2.56. The first kappa shape index (κ1) is 31.0. The Balaban J connectivity index is 1.79. The van der Waals surface area contributed by atoms with E-state index >= 15 is 0 Å². The molecule has 0 fully saturated rings. The number of methoxy groups -OCH3 is 3. The van der Waals surface area contributed by atoms with Crippen molar-refractivity contribution in [3.8, 4) is 11.5 Å². The molecule has 0 aliphatic rings. The van der Waals surface area contributed by atoms with E-state index in [1.807, 2.05) is 42.0 Å². The number of carbonyl (C=O) groups excluding carboxylic acids is 2. The Morgan fingerprint density at radius 3 is 2.35 bits per heavy atom. The first-order valence-electron chi connectivity index (χ1n) is 12.5. The normalized spacial score (nSPS) is 11.2. The molecule has 1 heterocycles. The van der Waals surface area contributed by atoms with E-state index in [0.29, 0.717) is 35.0 Å². The second kappa shape index (κ2) is 14.7. The first-order valence-corrected chi connectivity index (χ1v) is 14.8. The van der Waals surface area contributed by atoms with E-state index in [2.05, 4.69) is 9.71 Å². The molecule has 40 heavy (non-hydrogen) atoms. The van der Waals surface area contributed by atoms with Crippen molar-refractivity contribution >= 4 is 33.4 Å². The van der Waals surface area contributed by atoms with E-state index in [4.69, 9.17) is 14.2 Å². The van der Waals surface area contributed by atoms with Crippen molar-refractivity contribution in [2.75, 3.05) is 41.0 Å². The summed E-state index contributed by atoms with van der Waals surface area (Å²) >= 11 is 1.16. The Hall–Kier alpha value is -3.52. The van der Waals surface area contributed by atoms with Crippen LogP contribution in [0.3, 0.4) is 0 Å². The Morgan fingerprint density at radius 1 is 1.05 bits per heavy atom. The fourth-order valence-corrected chi connectivity index (χ4v) is 5.46. The van der Waals surface area contributed by atoms with Gasteiger partial charge in [0.15, 0.2) is 0 Å².